The first-order valence-electron chi connectivity index (χ1n) is 7.51. The monoisotopic (exact) mass is 340 g/mol. The number of nitrogens with one attached hydrogen (secondary N) is 1. The minimum atomic E-state index is -0.313. The van der Waals surface area contributed by atoms with Gasteiger partial charge < -0.3 is 19.2 Å². The fraction of sp³-hybridized carbons (Fsp3) is 0.176. The Hall–Kier alpha value is -3.42. The number of pyridine rings is 1. The second-order valence-corrected chi connectivity index (χ2v) is 4.96. The Morgan fingerprint density at radius 3 is 2.76 bits per heavy atom. The molecule has 25 heavy (non-hydrogen) atoms. The van der Waals surface area contributed by atoms with Gasteiger partial charge in [0, 0.05) is 12.4 Å². The number of nitrogens with zero attached hydrogens (tertiary/aromatic N) is 3. The molecule has 2 heterocycles. The van der Waals surface area contributed by atoms with Crippen molar-refractivity contribution in [2.75, 3.05) is 13.7 Å². The van der Waals surface area contributed by atoms with E-state index in [1.54, 1.807) is 36.7 Å². The molecular weight excluding hydrogens is 324 g/mol. The number of hydrogen-bond donors (Lipinski definition) is 1. The largest absolute Gasteiger partial charge is 0.493 e. The Morgan fingerprint density at radius 2 is 2.00 bits per heavy atom. The summed E-state index contributed by atoms with van der Waals surface area (Å²) in [6.45, 7) is -0.0364. The van der Waals surface area contributed by atoms with Crippen LogP contribution in [-0.2, 0) is 11.3 Å². The van der Waals surface area contributed by atoms with Crippen LogP contribution in [0.4, 0.5) is 0 Å². The van der Waals surface area contributed by atoms with E-state index in [0.29, 0.717) is 28.8 Å². The number of hydrogen-bond acceptors (Lipinski definition) is 7. The quantitative estimate of drug-likeness (QED) is 0.700. The molecule has 0 aliphatic rings. The summed E-state index contributed by atoms with van der Waals surface area (Å²) in [5.41, 5.74) is 0.715. The summed E-state index contributed by atoms with van der Waals surface area (Å²) in [4.78, 5) is 15.9. The fourth-order valence-electron chi connectivity index (χ4n) is 2.04. The van der Waals surface area contributed by atoms with Gasteiger partial charge in [-0.25, -0.2) is 0 Å². The highest BCUT2D eigenvalue weighted by molar-refractivity contribution is 5.77. The molecule has 0 saturated carbocycles. The van der Waals surface area contributed by atoms with E-state index in [-0.39, 0.29) is 19.1 Å². The molecule has 0 aliphatic carbocycles. The first-order valence-corrected chi connectivity index (χ1v) is 7.51. The minimum Gasteiger partial charge on any atom is -0.493 e. The van der Waals surface area contributed by atoms with E-state index in [9.17, 15) is 4.79 Å². The number of carbonyl (C=O) groups is 1. The van der Waals surface area contributed by atoms with Crippen molar-refractivity contribution >= 4 is 5.91 Å². The van der Waals surface area contributed by atoms with Crippen LogP contribution in [0.25, 0.3) is 11.5 Å². The van der Waals surface area contributed by atoms with Gasteiger partial charge in [0.15, 0.2) is 18.1 Å². The van der Waals surface area contributed by atoms with Gasteiger partial charge in [0.2, 0.25) is 11.8 Å². The maximum Gasteiger partial charge on any atom is 0.258 e. The van der Waals surface area contributed by atoms with Crippen LogP contribution in [0.5, 0.6) is 11.5 Å². The molecule has 8 heteroatoms. The van der Waals surface area contributed by atoms with E-state index in [4.69, 9.17) is 13.9 Å². The maximum atomic E-state index is 11.9. The maximum absolute atomic E-state index is 11.9. The van der Waals surface area contributed by atoms with Gasteiger partial charge in [-0.1, -0.05) is 12.1 Å². The average Bonchev–Trinajstić information content (AvgIpc) is 3.14. The van der Waals surface area contributed by atoms with Crippen molar-refractivity contribution in [1.82, 2.24) is 20.5 Å². The van der Waals surface area contributed by atoms with Crippen LogP contribution >= 0.6 is 0 Å². The molecule has 0 spiro atoms. The van der Waals surface area contributed by atoms with Crippen molar-refractivity contribution in [3.8, 4) is 23.0 Å². The molecule has 0 aliphatic heterocycles. The molecule has 0 saturated heterocycles. The number of benzene rings is 1. The van der Waals surface area contributed by atoms with E-state index in [2.05, 4.69) is 20.5 Å². The smallest absolute Gasteiger partial charge is 0.258 e. The third-order valence-corrected chi connectivity index (χ3v) is 3.24. The highest BCUT2D eigenvalue weighted by atomic mass is 16.5. The number of methoxy groups -OCH3 is 1. The van der Waals surface area contributed by atoms with E-state index in [1.807, 2.05) is 12.1 Å². The van der Waals surface area contributed by atoms with Crippen molar-refractivity contribution < 1.29 is 18.7 Å². The summed E-state index contributed by atoms with van der Waals surface area (Å²) >= 11 is 0. The van der Waals surface area contributed by atoms with Crippen molar-refractivity contribution in [2.45, 2.75) is 6.54 Å². The van der Waals surface area contributed by atoms with Crippen LogP contribution in [0.15, 0.2) is 53.2 Å². The summed E-state index contributed by atoms with van der Waals surface area (Å²) in [6, 6.07) is 10.7. The molecule has 3 aromatic rings. The Balaban J connectivity index is 1.50. The van der Waals surface area contributed by atoms with Crippen LogP contribution in [0, 0.1) is 0 Å². The highest BCUT2D eigenvalue weighted by Crippen LogP contribution is 2.25. The van der Waals surface area contributed by atoms with E-state index in [0.717, 1.165) is 0 Å². The number of carbonyl (C=O) groups excluding carboxylic acids is 1. The summed E-state index contributed by atoms with van der Waals surface area (Å²) in [7, 11) is 1.54. The van der Waals surface area contributed by atoms with Gasteiger partial charge in [-0.2, -0.15) is 0 Å². The van der Waals surface area contributed by atoms with E-state index >= 15 is 0 Å². The summed E-state index contributed by atoms with van der Waals surface area (Å²) in [6.07, 6.45) is 3.28. The molecule has 0 fully saturated rings. The fourth-order valence-corrected chi connectivity index (χ4v) is 2.04. The molecule has 128 valence electrons. The van der Waals surface area contributed by atoms with Gasteiger partial charge in [-0.05, 0) is 24.3 Å². The van der Waals surface area contributed by atoms with Crippen LogP contribution in [0.2, 0.25) is 0 Å². The minimum absolute atomic E-state index is 0.112. The van der Waals surface area contributed by atoms with E-state index in [1.165, 1.54) is 7.11 Å². The molecule has 1 aromatic carbocycles. The van der Waals surface area contributed by atoms with Gasteiger partial charge in [0.1, 0.15) is 0 Å². The van der Waals surface area contributed by atoms with Gasteiger partial charge >= 0.3 is 0 Å². The summed E-state index contributed by atoms with van der Waals surface area (Å²) in [5.74, 6) is 1.39. The lowest BCUT2D eigenvalue weighted by Gasteiger charge is -2.09. The highest BCUT2D eigenvalue weighted by Gasteiger charge is 2.11. The summed E-state index contributed by atoms with van der Waals surface area (Å²) < 4.78 is 16.1. The second kappa shape index (κ2) is 7.91. The molecule has 2 aromatic heterocycles. The Labute approximate surface area is 143 Å². The lowest BCUT2D eigenvalue weighted by Crippen LogP contribution is -2.28. The number of rotatable bonds is 7. The van der Waals surface area contributed by atoms with Crippen LogP contribution in [0.3, 0.4) is 0 Å². The predicted octanol–water partition coefficient (Wildman–Crippen LogP) is 1.84. The van der Waals surface area contributed by atoms with Crippen molar-refractivity contribution in [3.63, 3.8) is 0 Å². The molecule has 8 nitrogen and oxygen atoms in total. The van der Waals surface area contributed by atoms with Crippen LogP contribution in [0.1, 0.15) is 5.89 Å². The summed E-state index contributed by atoms with van der Waals surface area (Å²) in [5, 5.41) is 10.5. The second-order valence-electron chi connectivity index (χ2n) is 4.96. The normalized spacial score (nSPS) is 10.3. The SMILES string of the molecule is COc1ccccc1OCC(=O)NCc1nnc(-c2cccnc2)o1. The molecular formula is C17H16N4O4. The molecule has 1 N–H and O–H groups in total. The third-order valence-electron chi connectivity index (χ3n) is 3.24. The standard InChI is InChI=1S/C17H16N4O4/c1-23-13-6-2-3-7-14(13)24-11-15(22)19-10-16-20-21-17(25-16)12-5-4-8-18-9-12/h2-9H,10-11H2,1H3,(H,19,22). The van der Waals surface area contributed by atoms with Gasteiger partial charge in [-0.3, -0.25) is 9.78 Å². The predicted molar refractivity (Wildman–Crippen MR) is 87.9 cm³/mol. The molecule has 3 rings (SSSR count). The van der Waals surface area contributed by atoms with Gasteiger partial charge in [0.05, 0.1) is 19.2 Å². The van der Waals surface area contributed by atoms with Gasteiger partial charge in [0.25, 0.3) is 5.91 Å². The zero-order valence-corrected chi connectivity index (χ0v) is 13.5. The molecule has 0 radical (unpaired) electrons. The Morgan fingerprint density at radius 1 is 1.16 bits per heavy atom. The van der Waals surface area contributed by atoms with E-state index < -0.39 is 0 Å². The molecule has 1 amide bonds. The molecule has 0 unspecified atom stereocenters. The zero-order chi connectivity index (χ0) is 17.5. The number of amides is 1. The average molecular weight is 340 g/mol. The van der Waals surface area contributed by atoms with Gasteiger partial charge in [-0.15, -0.1) is 10.2 Å². The topological polar surface area (TPSA) is 99.4 Å². The molecule has 0 bridgehead atoms. The number of para-hydroxylation sites is 2. The lowest BCUT2D eigenvalue weighted by molar-refractivity contribution is -0.123. The van der Waals surface area contributed by atoms with Crippen molar-refractivity contribution in [2.24, 2.45) is 0 Å². The van der Waals surface area contributed by atoms with Crippen molar-refractivity contribution in [3.05, 3.63) is 54.7 Å². The first kappa shape index (κ1) is 16.4. The van der Waals surface area contributed by atoms with Crippen LogP contribution < -0.4 is 14.8 Å². The Kier molecular flexibility index (Phi) is 5.20. The lowest BCUT2D eigenvalue weighted by atomic mass is 10.3. The number of ether oxygens (including phenoxy) is 2. The number of aromatic nitrogens is 3. The third kappa shape index (κ3) is 4.31. The molecule has 0 atom stereocenters. The van der Waals surface area contributed by atoms with Crippen molar-refractivity contribution in [1.29, 1.82) is 0 Å². The Bertz CT molecular complexity index is 835. The van der Waals surface area contributed by atoms with Crippen LogP contribution in [-0.4, -0.2) is 34.8 Å². The first-order chi connectivity index (χ1) is 12.3. The zero-order valence-electron chi connectivity index (χ0n) is 13.5.